The Morgan fingerprint density at radius 2 is 2.11 bits per heavy atom. The summed E-state index contributed by atoms with van der Waals surface area (Å²) in [6.07, 6.45) is 6.73. The molecule has 0 aromatic rings. The number of carbonyl (C=O) groups excluding carboxylic acids is 1. The van der Waals surface area contributed by atoms with Crippen LogP contribution < -0.4 is 10.6 Å². The topological polar surface area (TPSA) is 41.1 Å². The van der Waals surface area contributed by atoms with Crippen molar-refractivity contribution in [2.24, 2.45) is 11.8 Å². The first-order chi connectivity index (χ1) is 8.59. The van der Waals surface area contributed by atoms with Crippen LogP contribution in [-0.4, -0.2) is 24.0 Å². The van der Waals surface area contributed by atoms with Crippen LogP contribution in [0.1, 0.15) is 59.3 Å². The van der Waals surface area contributed by atoms with Crippen molar-refractivity contribution in [2.75, 3.05) is 6.54 Å². The number of amides is 1. The third-order valence-electron chi connectivity index (χ3n) is 5.31. The minimum Gasteiger partial charge on any atom is -0.351 e. The Morgan fingerprint density at radius 3 is 2.72 bits per heavy atom. The second-order valence-electron chi connectivity index (χ2n) is 6.31. The van der Waals surface area contributed by atoms with Crippen LogP contribution in [0.15, 0.2) is 0 Å². The highest BCUT2D eigenvalue weighted by Crippen LogP contribution is 2.31. The van der Waals surface area contributed by atoms with E-state index in [-0.39, 0.29) is 11.4 Å². The molecule has 2 fully saturated rings. The Balaban J connectivity index is 1.97. The number of rotatable bonds is 3. The van der Waals surface area contributed by atoms with Crippen LogP contribution in [0.5, 0.6) is 0 Å². The second-order valence-corrected chi connectivity index (χ2v) is 6.31. The molecule has 1 saturated heterocycles. The molecule has 2 rings (SSSR count). The maximum atomic E-state index is 12.5. The van der Waals surface area contributed by atoms with E-state index in [0.29, 0.717) is 12.0 Å². The van der Waals surface area contributed by atoms with Gasteiger partial charge in [0.25, 0.3) is 0 Å². The molecule has 1 saturated carbocycles. The SMILES string of the molecule is CCC1(C(=O)NC2CCCC(C)C2C)CCCN1. The van der Waals surface area contributed by atoms with E-state index >= 15 is 0 Å². The van der Waals surface area contributed by atoms with Gasteiger partial charge in [-0.1, -0.05) is 33.6 Å². The molecule has 0 aromatic heterocycles. The van der Waals surface area contributed by atoms with E-state index in [0.717, 1.165) is 38.1 Å². The van der Waals surface area contributed by atoms with Gasteiger partial charge in [-0.3, -0.25) is 4.79 Å². The van der Waals surface area contributed by atoms with Gasteiger partial charge in [0.1, 0.15) is 0 Å². The molecule has 3 heteroatoms. The van der Waals surface area contributed by atoms with Gasteiger partial charge in [0.15, 0.2) is 0 Å². The van der Waals surface area contributed by atoms with Gasteiger partial charge in [0, 0.05) is 6.04 Å². The Kier molecular flexibility index (Phi) is 4.31. The van der Waals surface area contributed by atoms with Crippen LogP contribution in [0.3, 0.4) is 0 Å². The molecule has 4 unspecified atom stereocenters. The molecule has 0 aromatic carbocycles. The smallest absolute Gasteiger partial charge is 0.240 e. The van der Waals surface area contributed by atoms with Gasteiger partial charge in [-0.2, -0.15) is 0 Å². The summed E-state index contributed by atoms with van der Waals surface area (Å²) in [4.78, 5) is 12.5. The third kappa shape index (κ3) is 2.56. The molecule has 1 aliphatic heterocycles. The van der Waals surface area contributed by atoms with Gasteiger partial charge in [-0.15, -0.1) is 0 Å². The summed E-state index contributed by atoms with van der Waals surface area (Å²) in [5, 5.41) is 6.75. The zero-order valence-corrected chi connectivity index (χ0v) is 12.1. The normalized spacial score (nSPS) is 40.7. The van der Waals surface area contributed by atoms with Crippen LogP contribution >= 0.6 is 0 Å². The van der Waals surface area contributed by atoms with E-state index in [9.17, 15) is 4.79 Å². The highest BCUT2D eigenvalue weighted by Gasteiger charge is 2.41. The predicted molar refractivity (Wildman–Crippen MR) is 74.4 cm³/mol. The van der Waals surface area contributed by atoms with E-state index in [4.69, 9.17) is 0 Å². The van der Waals surface area contributed by atoms with E-state index in [1.54, 1.807) is 0 Å². The fraction of sp³-hybridized carbons (Fsp3) is 0.933. The molecule has 1 heterocycles. The van der Waals surface area contributed by atoms with Crippen LogP contribution in [0.25, 0.3) is 0 Å². The lowest BCUT2D eigenvalue weighted by Crippen LogP contribution is -2.57. The zero-order chi connectivity index (χ0) is 13.2. The van der Waals surface area contributed by atoms with Gasteiger partial charge >= 0.3 is 0 Å². The highest BCUT2D eigenvalue weighted by molar-refractivity contribution is 5.86. The summed E-state index contributed by atoms with van der Waals surface area (Å²) in [5.74, 6) is 1.59. The minimum atomic E-state index is -0.277. The first-order valence-electron chi connectivity index (χ1n) is 7.65. The average molecular weight is 252 g/mol. The standard InChI is InChI=1S/C15H28N2O/c1-4-15(9-6-10-16-15)14(18)17-13-8-5-7-11(2)12(13)3/h11-13,16H,4-10H2,1-3H3,(H,17,18). The average Bonchev–Trinajstić information content (AvgIpc) is 2.85. The summed E-state index contributed by atoms with van der Waals surface area (Å²) in [5.41, 5.74) is -0.277. The number of nitrogens with one attached hydrogen (secondary N) is 2. The van der Waals surface area contributed by atoms with Crippen LogP contribution in [0, 0.1) is 11.8 Å². The monoisotopic (exact) mass is 252 g/mol. The van der Waals surface area contributed by atoms with Crippen LogP contribution in [-0.2, 0) is 4.79 Å². The highest BCUT2D eigenvalue weighted by atomic mass is 16.2. The zero-order valence-electron chi connectivity index (χ0n) is 12.1. The molecule has 1 amide bonds. The summed E-state index contributed by atoms with van der Waals surface area (Å²) in [7, 11) is 0. The Morgan fingerprint density at radius 1 is 1.33 bits per heavy atom. The van der Waals surface area contributed by atoms with Crippen molar-refractivity contribution in [3.05, 3.63) is 0 Å². The number of carbonyl (C=O) groups is 1. The fourth-order valence-corrected chi connectivity index (χ4v) is 3.55. The molecule has 3 nitrogen and oxygen atoms in total. The van der Waals surface area contributed by atoms with E-state index in [1.165, 1.54) is 12.8 Å². The van der Waals surface area contributed by atoms with Crippen molar-refractivity contribution < 1.29 is 4.79 Å². The van der Waals surface area contributed by atoms with Crippen LogP contribution in [0.2, 0.25) is 0 Å². The second kappa shape index (κ2) is 5.60. The van der Waals surface area contributed by atoms with Crippen molar-refractivity contribution in [1.29, 1.82) is 0 Å². The lowest BCUT2D eigenvalue weighted by molar-refractivity contribution is -0.128. The molecule has 18 heavy (non-hydrogen) atoms. The van der Waals surface area contributed by atoms with Crippen molar-refractivity contribution in [2.45, 2.75) is 70.9 Å². The van der Waals surface area contributed by atoms with Gasteiger partial charge in [0.2, 0.25) is 5.91 Å². The molecule has 0 spiro atoms. The predicted octanol–water partition coefficient (Wildman–Crippen LogP) is 2.46. The Labute approximate surface area is 111 Å². The maximum Gasteiger partial charge on any atom is 0.240 e. The quantitative estimate of drug-likeness (QED) is 0.810. The molecular formula is C15H28N2O. The summed E-state index contributed by atoms with van der Waals surface area (Å²) >= 11 is 0. The Hall–Kier alpha value is -0.570. The van der Waals surface area contributed by atoms with Gasteiger partial charge in [-0.05, 0) is 44.1 Å². The Bertz CT molecular complexity index is 297. The summed E-state index contributed by atoms with van der Waals surface area (Å²) in [6.45, 7) is 7.70. The third-order valence-corrected chi connectivity index (χ3v) is 5.31. The van der Waals surface area contributed by atoms with Crippen molar-refractivity contribution >= 4 is 5.91 Å². The first-order valence-corrected chi connectivity index (χ1v) is 7.65. The molecule has 2 aliphatic rings. The summed E-state index contributed by atoms with van der Waals surface area (Å²) < 4.78 is 0. The van der Waals surface area contributed by atoms with Gasteiger partial charge in [0.05, 0.1) is 5.54 Å². The minimum absolute atomic E-state index is 0.244. The van der Waals surface area contributed by atoms with Gasteiger partial charge in [-0.25, -0.2) is 0 Å². The first kappa shape index (κ1) is 13.9. The molecule has 2 N–H and O–H groups in total. The lowest BCUT2D eigenvalue weighted by Gasteiger charge is -2.37. The molecule has 4 atom stereocenters. The lowest BCUT2D eigenvalue weighted by atomic mass is 9.77. The maximum absolute atomic E-state index is 12.5. The molecule has 0 bridgehead atoms. The van der Waals surface area contributed by atoms with Crippen molar-refractivity contribution in [1.82, 2.24) is 10.6 Å². The largest absolute Gasteiger partial charge is 0.351 e. The number of hydrogen-bond acceptors (Lipinski definition) is 2. The van der Waals surface area contributed by atoms with E-state index in [2.05, 4.69) is 31.4 Å². The molecule has 1 aliphatic carbocycles. The number of hydrogen-bond donors (Lipinski definition) is 2. The molecule has 0 radical (unpaired) electrons. The van der Waals surface area contributed by atoms with E-state index < -0.39 is 0 Å². The fourth-order valence-electron chi connectivity index (χ4n) is 3.55. The molecule has 104 valence electrons. The van der Waals surface area contributed by atoms with Crippen molar-refractivity contribution in [3.63, 3.8) is 0 Å². The van der Waals surface area contributed by atoms with Gasteiger partial charge < -0.3 is 10.6 Å². The van der Waals surface area contributed by atoms with E-state index in [1.807, 2.05) is 0 Å². The van der Waals surface area contributed by atoms with Crippen molar-refractivity contribution in [3.8, 4) is 0 Å². The molecular weight excluding hydrogens is 224 g/mol. The van der Waals surface area contributed by atoms with Crippen LogP contribution in [0.4, 0.5) is 0 Å². The summed E-state index contributed by atoms with van der Waals surface area (Å²) in [6, 6.07) is 0.382.